The van der Waals surface area contributed by atoms with Crippen LogP contribution in [0.1, 0.15) is 30.3 Å². The van der Waals surface area contributed by atoms with Crippen LogP contribution < -0.4 is 5.56 Å². The molecule has 0 radical (unpaired) electrons. The van der Waals surface area contributed by atoms with Crippen LogP contribution in [0.15, 0.2) is 29.1 Å². The summed E-state index contributed by atoms with van der Waals surface area (Å²) in [5.41, 5.74) is 0.0826. The van der Waals surface area contributed by atoms with Crippen LogP contribution in [-0.4, -0.2) is 34.1 Å². The lowest BCUT2D eigenvalue weighted by atomic mass is 9.99. The van der Waals surface area contributed by atoms with E-state index in [0.717, 1.165) is 25.9 Å². The van der Waals surface area contributed by atoms with Crippen LogP contribution in [0.4, 0.5) is 0 Å². The van der Waals surface area contributed by atoms with E-state index in [9.17, 15) is 9.59 Å². The molecule has 0 aliphatic carbocycles. The number of nitrogens with one attached hydrogen (secondary N) is 1. The molecular weight excluding hydrogens is 254 g/mol. The summed E-state index contributed by atoms with van der Waals surface area (Å²) in [5, 5.41) is 7.53. The molecule has 1 aliphatic heterocycles. The van der Waals surface area contributed by atoms with Crippen LogP contribution in [0.3, 0.4) is 0 Å². The van der Waals surface area contributed by atoms with Crippen molar-refractivity contribution in [1.82, 2.24) is 15.1 Å². The van der Waals surface area contributed by atoms with Crippen molar-refractivity contribution in [3.63, 3.8) is 0 Å². The summed E-state index contributed by atoms with van der Waals surface area (Å²) in [7, 11) is 0. The third kappa shape index (κ3) is 2.19. The first-order valence-electron chi connectivity index (χ1n) is 6.93. The van der Waals surface area contributed by atoms with E-state index in [-0.39, 0.29) is 11.5 Å². The first-order chi connectivity index (χ1) is 9.66. The Morgan fingerprint density at radius 1 is 1.25 bits per heavy atom. The Balaban J connectivity index is 2.00. The number of hydrogen-bond acceptors (Lipinski definition) is 3. The van der Waals surface area contributed by atoms with Gasteiger partial charge in [-0.1, -0.05) is 25.1 Å². The lowest BCUT2D eigenvalue weighted by Crippen LogP contribution is -2.38. The third-order valence-electron chi connectivity index (χ3n) is 3.97. The first kappa shape index (κ1) is 12.8. The number of benzene rings is 1. The lowest BCUT2D eigenvalue weighted by Gasteiger charge is -2.30. The Morgan fingerprint density at radius 2 is 1.90 bits per heavy atom. The van der Waals surface area contributed by atoms with Gasteiger partial charge in [-0.05, 0) is 24.8 Å². The Morgan fingerprint density at radius 3 is 2.60 bits per heavy atom. The molecule has 1 aromatic carbocycles. The molecule has 0 saturated carbocycles. The zero-order valence-corrected chi connectivity index (χ0v) is 11.4. The molecule has 104 valence electrons. The number of amides is 1. The number of H-pyrrole nitrogens is 1. The molecule has 3 rings (SSSR count). The summed E-state index contributed by atoms with van der Waals surface area (Å²) in [6.07, 6.45) is 2.04. The van der Waals surface area contributed by atoms with Gasteiger partial charge < -0.3 is 4.90 Å². The van der Waals surface area contributed by atoms with Crippen molar-refractivity contribution in [2.45, 2.75) is 19.8 Å². The molecule has 0 bridgehead atoms. The Labute approximate surface area is 116 Å². The van der Waals surface area contributed by atoms with Gasteiger partial charge in [0.2, 0.25) is 0 Å². The summed E-state index contributed by atoms with van der Waals surface area (Å²) in [5.74, 6) is 0.573. The molecule has 0 atom stereocenters. The second-order valence-electron chi connectivity index (χ2n) is 5.42. The largest absolute Gasteiger partial charge is 0.337 e. The molecular formula is C15H17N3O2. The van der Waals surface area contributed by atoms with E-state index in [1.54, 1.807) is 18.2 Å². The van der Waals surface area contributed by atoms with Gasteiger partial charge in [-0.3, -0.25) is 9.59 Å². The number of fused-ring (bicyclic) bond motifs is 1. The minimum absolute atomic E-state index is 0.0932. The van der Waals surface area contributed by atoms with Gasteiger partial charge >= 0.3 is 0 Å². The van der Waals surface area contributed by atoms with Gasteiger partial charge in [0.25, 0.3) is 11.5 Å². The number of hydrogen-bond donors (Lipinski definition) is 1. The molecule has 1 N–H and O–H groups in total. The number of piperidine rings is 1. The Kier molecular flexibility index (Phi) is 3.26. The predicted molar refractivity (Wildman–Crippen MR) is 76.7 cm³/mol. The van der Waals surface area contributed by atoms with Crippen LogP contribution in [0.5, 0.6) is 0 Å². The van der Waals surface area contributed by atoms with Gasteiger partial charge in [0.15, 0.2) is 5.69 Å². The van der Waals surface area contributed by atoms with Crippen LogP contribution in [0.25, 0.3) is 10.8 Å². The summed E-state index contributed by atoms with van der Waals surface area (Å²) in [4.78, 5) is 26.1. The maximum atomic E-state index is 12.6. The molecule has 1 fully saturated rings. The Bertz CT molecular complexity index is 700. The summed E-state index contributed by atoms with van der Waals surface area (Å²) in [6.45, 7) is 3.72. The quantitative estimate of drug-likeness (QED) is 0.860. The van der Waals surface area contributed by atoms with E-state index in [0.29, 0.717) is 22.4 Å². The van der Waals surface area contributed by atoms with Crippen molar-refractivity contribution >= 4 is 16.7 Å². The van der Waals surface area contributed by atoms with Crippen molar-refractivity contribution < 1.29 is 4.79 Å². The number of rotatable bonds is 1. The van der Waals surface area contributed by atoms with Crippen LogP contribution in [0.2, 0.25) is 0 Å². The highest BCUT2D eigenvalue weighted by Crippen LogP contribution is 2.20. The molecule has 1 aromatic heterocycles. The zero-order valence-electron chi connectivity index (χ0n) is 11.4. The van der Waals surface area contributed by atoms with Crippen LogP contribution in [0, 0.1) is 5.92 Å². The van der Waals surface area contributed by atoms with Crippen molar-refractivity contribution in [3.05, 3.63) is 40.3 Å². The SMILES string of the molecule is CC1CCN(C(=O)c2n[nH]c(=O)c3ccccc23)CC1. The summed E-state index contributed by atoms with van der Waals surface area (Å²) >= 11 is 0. The van der Waals surface area contributed by atoms with E-state index < -0.39 is 0 Å². The summed E-state index contributed by atoms with van der Waals surface area (Å²) in [6, 6.07) is 7.09. The molecule has 5 nitrogen and oxygen atoms in total. The smallest absolute Gasteiger partial charge is 0.274 e. The maximum absolute atomic E-state index is 12.6. The van der Waals surface area contributed by atoms with Crippen LogP contribution >= 0.6 is 0 Å². The fourth-order valence-electron chi connectivity index (χ4n) is 2.64. The van der Waals surface area contributed by atoms with Gasteiger partial charge in [0, 0.05) is 18.5 Å². The van der Waals surface area contributed by atoms with Gasteiger partial charge in [-0.15, -0.1) is 0 Å². The minimum atomic E-state index is -0.260. The first-order valence-corrected chi connectivity index (χ1v) is 6.93. The van der Waals surface area contributed by atoms with Crippen molar-refractivity contribution in [1.29, 1.82) is 0 Å². The molecule has 2 heterocycles. The molecule has 0 unspecified atom stereocenters. The number of likely N-dealkylation sites (tertiary alicyclic amines) is 1. The topological polar surface area (TPSA) is 66.1 Å². The molecule has 1 saturated heterocycles. The number of aromatic amines is 1. The van der Waals surface area contributed by atoms with E-state index in [4.69, 9.17) is 0 Å². The molecule has 2 aromatic rings. The maximum Gasteiger partial charge on any atom is 0.274 e. The second kappa shape index (κ2) is 5.07. The van der Waals surface area contributed by atoms with Gasteiger partial charge in [0.1, 0.15) is 0 Å². The fraction of sp³-hybridized carbons (Fsp3) is 0.400. The van der Waals surface area contributed by atoms with Crippen molar-refractivity contribution in [2.75, 3.05) is 13.1 Å². The predicted octanol–water partition coefficient (Wildman–Crippen LogP) is 1.80. The average molecular weight is 271 g/mol. The average Bonchev–Trinajstić information content (AvgIpc) is 2.48. The van der Waals surface area contributed by atoms with E-state index in [2.05, 4.69) is 17.1 Å². The molecule has 1 amide bonds. The number of aromatic nitrogens is 2. The second-order valence-corrected chi connectivity index (χ2v) is 5.42. The molecule has 1 aliphatic rings. The van der Waals surface area contributed by atoms with E-state index >= 15 is 0 Å². The van der Waals surface area contributed by atoms with Gasteiger partial charge in [-0.25, -0.2) is 5.10 Å². The number of carbonyl (C=O) groups is 1. The highest BCUT2D eigenvalue weighted by molar-refractivity contribution is 6.04. The fourth-order valence-corrected chi connectivity index (χ4v) is 2.64. The van der Waals surface area contributed by atoms with Crippen LogP contribution in [-0.2, 0) is 0 Å². The van der Waals surface area contributed by atoms with E-state index in [1.807, 2.05) is 11.0 Å². The van der Waals surface area contributed by atoms with Gasteiger partial charge in [-0.2, -0.15) is 5.10 Å². The van der Waals surface area contributed by atoms with Crippen molar-refractivity contribution in [3.8, 4) is 0 Å². The third-order valence-corrected chi connectivity index (χ3v) is 3.97. The van der Waals surface area contributed by atoms with E-state index in [1.165, 1.54) is 0 Å². The number of carbonyl (C=O) groups excluding carboxylic acids is 1. The normalized spacial score (nSPS) is 16.6. The summed E-state index contributed by atoms with van der Waals surface area (Å²) < 4.78 is 0. The lowest BCUT2D eigenvalue weighted by molar-refractivity contribution is 0.0692. The van der Waals surface area contributed by atoms with Gasteiger partial charge in [0.05, 0.1) is 5.39 Å². The monoisotopic (exact) mass is 271 g/mol. The molecule has 20 heavy (non-hydrogen) atoms. The number of nitrogens with zero attached hydrogens (tertiary/aromatic N) is 2. The highest BCUT2D eigenvalue weighted by atomic mass is 16.2. The zero-order chi connectivity index (χ0) is 14.1. The highest BCUT2D eigenvalue weighted by Gasteiger charge is 2.24. The molecule has 5 heteroatoms. The Hall–Kier alpha value is -2.17. The molecule has 0 spiro atoms. The standard InChI is InChI=1S/C15H17N3O2/c1-10-6-8-18(9-7-10)15(20)13-11-4-2-3-5-12(11)14(19)17-16-13/h2-5,10H,6-9H2,1H3,(H,17,19). The minimum Gasteiger partial charge on any atom is -0.337 e. The van der Waals surface area contributed by atoms with Crippen molar-refractivity contribution in [2.24, 2.45) is 5.92 Å².